The number of halogens is 1. The summed E-state index contributed by atoms with van der Waals surface area (Å²) < 4.78 is 1.85. The largest absolute Gasteiger partial charge is 0.356 e. The van der Waals surface area contributed by atoms with E-state index in [2.05, 4.69) is 18.0 Å². The fourth-order valence-corrected chi connectivity index (χ4v) is 5.17. The highest BCUT2D eigenvalue weighted by Gasteiger charge is 2.32. The molecule has 5 rings (SSSR count). The average Bonchev–Trinajstić information content (AvgIpc) is 3.48. The lowest BCUT2D eigenvalue weighted by molar-refractivity contribution is 0.0604. The number of nitrogens with zero attached hydrogens (tertiary/aromatic N) is 5. The van der Waals surface area contributed by atoms with Crippen molar-refractivity contribution < 1.29 is 4.79 Å². The van der Waals surface area contributed by atoms with Crippen LogP contribution in [0.1, 0.15) is 65.3 Å². The van der Waals surface area contributed by atoms with E-state index < -0.39 is 0 Å². The van der Waals surface area contributed by atoms with Crippen LogP contribution in [0, 0.1) is 6.92 Å². The molecule has 0 aliphatic carbocycles. The first-order chi connectivity index (χ1) is 15.5. The maximum absolute atomic E-state index is 13.6. The van der Waals surface area contributed by atoms with Gasteiger partial charge in [-0.3, -0.25) is 4.79 Å². The van der Waals surface area contributed by atoms with E-state index >= 15 is 0 Å². The van der Waals surface area contributed by atoms with Gasteiger partial charge in [0.05, 0.1) is 11.7 Å². The maximum Gasteiger partial charge on any atom is 0.254 e. The summed E-state index contributed by atoms with van der Waals surface area (Å²) in [5, 5.41) is 5.38. The second kappa shape index (κ2) is 8.71. The zero-order valence-electron chi connectivity index (χ0n) is 18.4. The minimum Gasteiger partial charge on any atom is -0.356 e. The van der Waals surface area contributed by atoms with Gasteiger partial charge >= 0.3 is 0 Å². The van der Waals surface area contributed by atoms with Crippen molar-refractivity contribution in [2.45, 2.75) is 51.6 Å². The molecule has 1 amide bonds. The molecule has 2 saturated heterocycles. The molecule has 0 radical (unpaired) electrons. The molecule has 1 unspecified atom stereocenters. The van der Waals surface area contributed by atoms with E-state index in [1.165, 1.54) is 12.8 Å². The molecule has 0 spiro atoms. The number of nitrogens with two attached hydrogens (primary N) is 1. The third kappa shape index (κ3) is 3.84. The summed E-state index contributed by atoms with van der Waals surface area (Å²) >= 11 is 6.21. The number of rotatable bonds is 4. The number of amides is 1. The number of hydrogen-bond acceptors (Lipinski definition) is 5. The molecule has 2 N–H and O–H groups in total. The topological polar surface area (TPSA) is 79.8 Å². The third-order valence-corrected chi connectivity index (χ3v) is 6.89. The van der Waals surface area contributed by atoms with Crippen LogP contribution < -0.4 is 10.6 Å². The number of aromatic nitrogens is 3. The van der Waals surface area contributed by atoms with Crippen LogP contribution in [0.25, 0.3) is 5.65 Å². The molecule has 2 aromatic heterocycles. The lowest BCUT2D eigenvalue weighted by Crippen LogP contribution is -2.39. The number of aryl methyl sites for hydroxylation is 1. The summed E-state index contributed by atoms with van der Waals surface area (Å²) in [6, 6.07) is 7.30. The minimum absolute atomic E-state index is 0.0309. The molecular weight excluding hydrogens is 424 g/mol. The van der Waals surface area contributed by atoms with E-state index in [0.29, 0.717) is 23.7 Å². The molecular formula is C24H29ClN6O. The van der Waals surface area contributed by atoms with Crippen molar-refractivity contribution in [3.8, 4) is 0 Å². The van der Waals surface area contributed by atoms with Gasteiger partial charge in [0.25, 0.3) is 5.91 Å². The fraction of sp³-hybridized carbons (Fsp3) is 0.458. The minimum atomic E-state index is -0.0851. The molecule has 1 aromatic carbocycles. The van der Waals surface area contributed by atoms with E-state index in [1.807, 2.05) is 21.5 Å². The van der Waals surface area contributed by atoms with Crippen LogP contribution in [0.2, 0.25) is 5.02 Å². The zero-order chi connectivity index (χ0) is 22.2. The molecule has 168 valence electrons. The number of benzene rings is 1. The number of carbonyl (C=O) groups is 1. The Kier molecular flexibility index (Phi) is 5.78. The number of carbonyl (C=O) groups excluding carboxylic acids is 1. The molecule has 1 atom stereocenters. The number of likely N-dealkylation sites (tertiary alicyclic amines) is 1. The SMILES string of the molecule is Cc1cn2nc(C3CCCCN3C(=O)c3cc(Cl)ccc3CN)cc2nc1N1CCCC1. The van der Waals surface area contributed by atoms with Crippen molar-refractivity contribution in [1.29, 1.82) is 0 Å². The Morgan fingerprint density at radius 3 is 2.72 bits per heavy atom. The molecule has 0 bridgehead atoms. The van der Waals surface area contributed by atoms with Crippen LogP contribution in [0.15, 0.2) is 30.5 Å². The van der Waals surface area contributed by atoms with Crippen molar-refractivity contribution >= 4 is 29.0 Å². The van der Waals surface area contributed by atoms with E-state index in [1.54, 1.807) is 12.1 Å². The Morgan fingerprint density at radius 2 is 1.94 bits per heavy atom. The van der Waals surface area contributed by atoms with Gasteiger partial charge in [-0.25, -0.2) is 9.50 Å². The van der Waals surface area contributed by atoms with Crippen LogP contribution in [0.4, 0.5) is 5.82 Å². The third-order valence-electron chi connectivity index (χ3n) is 6.66. The Balaban J connectivity index is 1.49. The molecule has 2 aliphatic rings. The molecule has 32 heavy (non-hydrogen) atoms. The monoisotopic (exact) mass is 452 g/mol. The van der Waals surface area contributed by atoms with Crippen LogP contribution in [0.3, 0.4) is 0 Å². The lowest BCUT2D eigenvalue weighted by atomic mass is 9.97. The predicted molar refractivity (Wildman–Crippen MR) is 126 cm³/mol. The normalized spacial score (nSPS) is 19.2. The highest BCUT2D eigenvalue weighted by atomic mass is 35.5. The molecule has 3 aromatic rings. The number of hydrogen-bond donors (Lipinski definition) is 1. The summed E-state index contributed by atoms with van der Waals surface area (Å²) in [5.41, 5.74) is 10.1. The van der Waals surface area contributed by atoms with E-state index in [0.717, 1.165) is 60.6 Å². The van der Waals surface area contributed by atoms with E-state index in [9.17, 15) is 4.79 Å². The van der Waals surface area contributed by atoms with E-state index in [4.69, 9.17) is 27.4 Å². The Hall–Kier alpha value is -2.64. The lowest BCUT2D eigenvalue weighted by Gasteiger charge is -2.35. The second-order valence-electron chi connectivity index (χ2n) is 8.83. The van der Waals surface area contributed by atoms with Crippen molar-refractivity contribution in [2.75, 3.05) is 24.5 Å². The fourth-order valence-electron chi connectivity index (χ4n) is 4.99. The van der Waals surface area contributed by atoms with Gasteiger partial charge in [-0.15, -0.1) is 0 Å². The summed E-state index contributed by atoms with van der Waals surface area (Å²) in [5.74, 6) is 1.01. The van der Waals surface area contributed by atoms with Gasteiger partial charge in [-0.2, -0.15) is 5.10 Å². The van der Waals surface area contributed by atoms with Gasteiger partial charge in [0.15, 0.2) is 5.65 Å². The first-order valence-corrected chi connectivity index (χ1v) is 11.8. The average molecular weight is 453 g/mol. The van der Waals surface area contributed by atoms with Crippen molar-refractivity contribution in [3.63, 3.8) is 0 Å². The van der Waals surface area contributed by atoms with Gasteiger partial charge in [0, 0.05) is 54.6 Å². The smallest absolute Gasteiger partial charge is 0.254 e. The van der Waals surface area contributed by atoms with Gasteiger partial charge < -0.3 is 15.5 Å². The van der Waals surface area contributed by atoms with Crippen molar-refractivity contribution in [3.05, 3.63) is 57.9 Å². The highest BCUT2D eigenvalue weighted by Crippen LogP contribution is 2.33. The van der Waals surface area contributed by atoms with E-state index in [-0.39, 0.29) is 11.9 Å². The van der Waals surface area contributed by atoms with Gasteiger partial charge in [-0.1, -0.05) is 17.7 Å². The molecule has 2 fully saturated rings. The number of anilines is 1. The number of piperidine rings is 1. The summed E-state index contributed by atoms with van der Waals surface area (Å²) in [6.07, 6.45) is 7.40. The molecule has 0 saturated carbocycles. The second-order valence-corrected chi connectivity index (χ2v) is 9.27. The molecule has 2 aliphatic heterocycles. The first kappa shape index (κ1) is 21.2. The Labute approximate surface area is 193 Å². The quantitative estimate of drug-likeness (QED) is 0.644. The summed E-state index contributed by atoms with van der Waals surface area (Å²) in [6.45, 7) is 5.19. The van der Waals surface area contributed by atoms with Gasteiger partial charge in [0.1, 0.15) is 5.82 Å². The van der Waals surface area contributed by atoms with Crippen molar-refractivity contribution in [1.82, 2.24) is 19.5 Å². The summed E-state index contributed by atoms with van der Waals surface area (Å²) in [4.78, 5) is 22.8. The Bertz CT molecular complexity index is 1150. The standard InChI is InChI=1S/C24H29ClN6O/c1-16-15-31-22(27-23(16)29-9-4-5-10-29)13-20(28-31)21-6-2-3-11-30(21)24(32)19-12-18(25)8-7-17(19)14-26/h7-8,12-13,15,21H,2-6,9-11,14,26H2,1H3. The maximum atomic E-state index is 13.6. The Morgan fingerprint density at radius 1 is 1.16 bits per heavy atom. The van der Waals surface area contributed by atoms with Gasteiger partial charge in [-0.05, 0) is 56.7 Å². The zero-order valence-corrected chi connectivity index (χ0v) is 19.2. The highest BCUT2D eigenvalue weighted by molar-refractivity contribution is 6.31. The van der Waals surface area contributed by atoms with Crippen LogP contribution >= 0.6 is 11.6 Å². The summed E-state index contributed by atoms with van der Waals surface area (Å²) in [7, 11) is 0. The number of fused-ring (bicyclic) bond motifs is 1. The molecule has 8 heteroatoms. The van der Waals surface area contributed by atoms with Crippen LogP contribution in [-0.4, -0.2) is 45.0 Å². The predicted octanol–water partition coefficient (Wildman–Crippen LogP) is 4.12. The van der Waals surface area contributed by atoms with Crippen LogP contribution in [0.5, 0.6) is 0 Å². The molecule has 4 heterocycles. The van der Waals surface area contributed by atoms with Crippen molar-refractivity contribution in [2.24, 2.45) is 5.73 Å². The first-order valence-electron chi connectivity index (χ1n) is 11.5. The van der Waals surface area contributed by atoms with Gasteiger partial charge in [0.2, 0.25) is 0 Å². The molecule has 7 nitrogen and oxygen atoms in total. The van der Waals surface area contributed by atoms with Crippen LogP contribution in [-0.2, 0) is 6.54 Å².